The number of guanidine groups is 2. The lowest BCUT2D eigenvalue weighted by molar-refractivity contribution is -0.623. The first kappa shape index (κ1) is 27.6. The highest BCUT2D eigenvalue weighted by molar-refractivity contribution is 5.98. The number of nitrogens with two attached hydrogens (primary N) is 2. The first-order chi connectivity index (χ1) is 19.9. The summed E-state index contributed by atoms with van der Waals surface area (Å²) in [6.07, 6.45) is 0.0893. The van der Waals surface area contributed by atoms with Gasteiger partial charge in [-0.1, -0.05) is 44.2 Å². The zero-order valence-electron chi connectivity index (χ0n) is 23.3. The number of ether oxygens (including phenoxy) is 2. The van der Waals surface area contributed by atoms with Crippen molar-refractivity contribution in [3.63, 3.8) is 0 Å². The molecule has 1 spiro atoms. The van der Waals surface area contributed by atoms with E-state index in [1.807, 2.05) is 6.07 Å². The van der Waals surface area contributed by atoms with Crippen LogP contribution < -0.4 is 42.2 Å². The van der Waals surface area contributed by atoms with Crippen molar-refractivity contribution in [1.29, 1.82) is 0 Å². The third-order valence-corrected chi connectivity index (χ3v) is 8.56. The molecule has 1 saturated heterocycles. The fourth-order valence-corrected chi connectivity index (χ4v) is 6.33. The number of amides is 2. The number of nitrogens with zero attached hydrogens (tertiary/aromatic N) is 2. The Balaban J connectivity index is 1.24. The maximum atomic E-state index is 13.6. The van der Waals surface area contributed by atoms with E-state index in [0.717, 1.165) is 12.0 Å². The summed E-state index contributed by atoms with van der Waals surface area (Å²) in [6, 6.07) is 11.0. The standard InChI is InChI=1S/C28H34N8O6/c1-26(2)11-12-41-20-16(9-6-10-17(20)26)22(37)33-19-14-36-24(30)32-18(13-31-25(38)42-15-7-4-3-5-8-15)21-27(36,28(19,39)40)35-23(29)34-21/h3-10,18-19,21,39-40H,11-14H2,1-2H3,(H7,29,30,31,32,33,34,35,37,38)/p+1/t18-,19?,21-,27-/m0/s1. The summed E-state index contributed by atoms with van der Waals surface area (Å²) in [6.45, 7) is 4.52. The summed E-state index contributed by atoms with van der Waals surface area (Å²) < 4.78 is 12.7. The fraction of sp³-hybridized carbons (Fsp3) is 0.429. The summed E-state index contributed by atoms with van der Waals surface area (Å²) in [5.41, 5.74) is 11.7. The highest BCUT2D eigenvalue weighted by atomic mass is 16.6. The molecule has 42 heavy (non-hydrogen) atoms. The van der Waals surface area contributed by atoms with Gasteiger partial charge >= 0.3 is 12.1 Å². The van der Waals surface area contributed by atoms with Crippen molar-refractivity contribution in [2.75, 3.05) is 19.7 Å². The molecular weight excluding hydrogens is 544 g/mol. The number of carbonyl (C=O) groups is 2. The molecule has 0 saturated carbocycles. The number of hydrogen-bond donors (Lipinski definition) is 8. The number of nitrogens with one attached hydrogen (secondary N) is 4. The van der Waals surface area contributed by atoms with Crippen LogP contribution in [0.25, 0.3) is 0 Å². The molecule has 222 valence electrons. The summed E-state index contributed by atoms with van der Waals surface area (Å²) >= 11 is 0. The van der Waals surface area contributed by atoms with Gasteiger partial charge in [0.1, 0.15) is 29.6 Å². The van der Waals surface area contributed by atoms with Gasteiger partial charge in [-0.05, 0) is 30.0 Å². The Bertz CT molecular complexity index is 1490. The van der Waals surface area contributed by atoms with Crippen molar-refractivity contribution in [2.45, 2.75) is 55.3 Å². The highest BCUT2D eigenvalue weighted by Crippen LogP contribution is 2.43. The molecule has 4 atom stereocenters. The number of para-hydroxylation sites is 2. The molecule has 0 bridgehead atoms. The Morgan fingerprint density at radius 3 is 2.69 bits per heavy atom. The second-order valence-electron chi connectivity index (χ2n) is 11.6. The monoisotopic (exact) mass is 579 g/mol. The van der Waals surface area contributed by atoms with Crippen molar-refractivity contribution >= 4 is 23.9 Å². The Morgan fingerprint density at radius 1 is 1.17 bits per heavy atom. The van der Waals surface area contributed by atoms with Crippen LogP contribution in [0.4, 0.5) is 4.79 Å². The van der Waals surface area contributed by atoms with Gasteiger partial charge in [-0.25, -0.2) is 14.4 Å². The van der Waals surface area contributed by atoms with E-state index in [1.165, 1.54) is 4.58 Å². The highest BCUT2D eigenvalue weighted by Gasteiger charge is 2.75. The molecule has 10 N–H and O–H groups in total. The minimum absolute atomic E-state index is 0.0402. The van der Waals surface area contributed by atoms with Gasteiger partial charge in [-0.15, -0.1) is 0 Å². The third-order valence-electron chi connectivity index (χ3n) is 8.56. The van der Waals surface area contributed by atoms with Gasteiger partial charge in [0, 0.05) is 5.56 Å². The van der Waals surface area contributed by atoms with E-state index in [0.29, 0.717) is 23.7 Å². The molecular formula is C28H35N8O6+. The van der Waals surface area contributed by atoms with E-state index in [9.17, 15) is 19.8 Å². The molecule has 4 aliphatic rings. The van der Waals surface area contributed by atoms with E-state index < -0.39 is 41.6 Å². The van der Waals surface area contributed by atoms with Crippen LogP contribution in [0, 0.1) is 0 Å². The lowest BCUT2D eigenvalue weighted by Gasteiger charge is -2.43. The molecule has 2 amide bonds. The first-order valence-electron chi connectivity index (χ1n) is 13.7. The second kappa shape index (κ2) is 9.77. The van der Waals surface area contributed by atoms with Crippen LogP contribution in [0.5, 0.6) is 11.5 Å². The molecule has 14 nitrogen and oxygen atoms in total. The molecule has 2 aromatic carbocycles. The van der Waals surface area contributed by atoms with Gasteiger partial charge < -0.3 is 41.4 Å². The Morgan fingerprint density at radius 2 is 1.93 bits per heavy atom. The smallest absolute Gasteiger partial charge is 0.412 e. The van der Waals surface area contributed by atoms with Gasteiger partial charge in [-0.2, -0.15) is 0 Å². The van der Waals surface area contributed by atoms with Crippen LogP contribution in [-0.4, -0.2) is 88.0 Å². The van der Waals surface area contributed by atoms with Gasteiger partial charge in [0.2, 0.25) is 11.4 Å². The zero-order chi connectivity index (χ0) is 29.9. The Hall–Kier alpha value is -4.56. The molecule has 0 radical (unpaired) electrons. The molecule has 4 heterocycles. The second-order valence-corrected chi connectivity index (χ2v) is 11.6. The van der Waals surface area contributed by atoms with Crippen LogP contribution in [0.3, 0.4) is 0 Å². The number of aliphatic hydroxyl groups is 2. The van der Waals surface area contributed by atoms with Crippen LogP contribution >= 0.6 is 0 Å². The lowest BCUT2D eigenvalue weighted by Crippen LogP contribution is -2.79. The van der Waals surface area contributed by atoms with Gasteiger partial charge in [0.15, 0.2) is 5.96 Å². The predicted octanol–water partition coefficient (Wildman–Crippen LogP) is -1.39. The molecule has 0 aliphatic carbocycles. The zero-order valence-corrected chi connectivity index (χ0v) is 23.3. The Kier molecular flexibility index (Phi) is 6.42. The van der Waals surface area contributed by atoms with Crippen molar-refractivity contribution < 1.29 is 33.9 Å². The van der Waals surface area contributed by atoms with E-state index in [2.05, 4.69) is 40.1 Å². The first-order valence-corrected chi connectivity index (χ1v) is 13.7. The van der Waals surface area contributed by atoms with Crippen molar-refractivity contribution in [3.8, 4) is 11.5 Å². The van der Waals surface area contributed by atoms with Gasteiger partial charge in [0.25, 0.3) is 5.91 Å². The summed E-state index contributed by atoms with van der Waals surface area (Å²) in [4.78, 5) is 30.5. The molecule has 0 aromatic heterocycles. The average molecular weight is 580 g/mol. The van der Waals surface area contributed by atoms with Crippen LogP contribution in [0.15, 0.2) is 53.5 Å². The Labute approximate surface area is 241 Å². The number of aliphatic imine (C=N–C) groups is 1. The minimum Gasteiger partial charge on any atom is -0.492 e. The quantitative estimate of drug-likeness (QED) is 0.154. The van der Waals surface area contributed by atoms with Crippen LogP contribution in [0.1, 0.15) is 36.2 Å². The van der Waals surface area contributed by atoms with Crippen molar-refractivity contribution in [3.05, 3.63) is 59.7 Å². The van der Waals surface area contributed by atoms with Crippen LogP contribution in [0.2, 0.25) is 0 Å². The van der Waals surface area contributed by atoms with E-state index in [1.54, 1.807) is 42.5 Å². The van der Waals surface area contributed by atoms with Crippen LogP contribution in [-0.2, 0) is 5.41 Å². The van der Waals surface area contributed by atoms with Crippen molar-refractivity contribution in [2.24, 2.45) is 16.5 Å². The molecule has 14 heteroatoms. The summed E-state index contributed by atoms with van der Waals surface area (Å²) in [7, 11) is 0. The largest absolute Gasteiger partial charge is 0.492 e. The third kappa shape index (κ3) is 4.25. The molecule has 4 aliphatic heterocycles. The predicted molar refractivity (Wildman–Crippen MR) is 151 cm³/mol. The SMILES string of the molecule is CC1(C)CCOc2c(C(=O)NC3C[N+]4=C(N)N[C@@H](CNC(=O)Oc5ccccc5)[C@@H]5N=C(N)N[C@@]54C3(O)O)cccc21. The number of benzene rings is 2. The van der Waals surface area contributed by atoms with E-state index in [4.69, 9.17) is 20.9 Å². The van der Waals surface area contributed by atoms with E-state index >= 15 is 0 Å². The summed E-state index contributed by atoms with van der Waals surface area (Å²) in [5, 5.41) is 34.9. The molecule has 1 fully saturated rings. The maximum absolute atomic E-state index is 13.6. The average Bonchev–Trinajstić information content (AvgIpc) is 3.41. The molecule has 6 rings (SSSR count). The normalized spacial score (nSPS) is 28.1. The topological polar surface area (TPSA) is 209 Å². The number of fused-ring (bicyclic) bond motifs is 1. The molecule has 1 unspecified atom stereocenters. The number of rotatable bonds is 5. The fourth-order valence-electron chi connectivity index (χ4n) is 6.33. The minimum atomic E-state index is -2.61. The molecule has 2 aromatic rings. The summed E-state index contributed by atoms with van der Waals surface area (Å²) in [5.74, 6) is -2.27. The van der Waals surface area contributed by atoms with Gasteiger partial charge in [-0.3, -0.25) is 15.8 Å². The van der Waals surface area contributed by atoms with Crippen molar-refractivity contribution in [1.82, 2.24) is 21.3 Å². The number of hydrogen-bond acceptors (Lipinski definition) is 11. The van der Waals surface area contributed by atoms with Gasteiger partial charge in [0.05, 0.1) is 25.3 Å². The number of carbonyl (C=O) groups excluding carboxylic acids is 2. The lowest BCUT2D eigenvalue weighted by atomic mass is 9.79. The van der Waals surface area contributed by atoms with E-state index in [-0.39, 0.29) is 30.4 Å². The maximum Gasteiger partial charge on any atom is 0.412 e.